The summed E-state index contributed by atoms with van der Waals surface area (Å²) in [6.07, 6.45) is 3.69. The Hall–Kier alpha value is -1.02. The Morgan fingerprint density at radius 3 is 2.82 bits per heavy atom. The molecule has 0 spiro atoms. The van der Waals surface area contributed by atoms with E-state index in [0.29, 0.717) is 5.88 Å². The lowest BCUT2D eigenvalue weighted by atomic mass is 10.2. The van der Waals surface area contributed by atoms with Gasteiger partial charge < -0.3 is 4.57 Å². The molecule has 17 heavy (non-hydrogen) atoms. The zero-order valence-electron chi connectivity index (χ0n) is 10.5. The van der Waals surface area contributed by atoms with Crippen molar-refractivity contribution in [3.8, 4) is 0 Å². The fourth-order valence-corrected chi connectivity index (χ4v) is 2.41. The maximum atomic E-state index is 5.99. The van der Waals surface area contributed by atoms with Crippen molar-refractivity contribution in [2.45, 2.75) is 45.5 Å². The first-order valence-electron chi connectivity index (χ1n) is 6.28. The molecule has 3 heteroatoms. The van der Waals surface area contributed by atoms with E-state index in [4.69, 9.17) is 11.6 Å². The van der Waals surface area contributed by atoms with Gasteiger partial charge in [0.1, 0.15) is 5.82 Å². The molecule has 0 saturated heterocycles. The third-order valence-electron chi connectivity index (χ3n) is 3.16. The molecule has 2 aromatic rings. The summed E-state index contributed by atoms with van der Waals surface area (Å²) in [6, 6.07) is 6.33. The van der Waals surface area contributed by atoms with Gasteiger partial charge in [0.15, 0.2) is 0 Å². The zero-order chi connectivity index (χ0) is 12.3. The second-order valence-electron chi connectivity index (χ2n) is 4.46. The van der Waals surface area contributed by atoms with Crippen molar-refractivity contribution in [3.63, 3.8) is 0 Å². The third-order valence-corrected chi connectivity index (χ3v) is 3.40. The third kappa shape index (κ3) is 2.47. The summed E-state index contributed by atoms with van der Waals surface area (Å²) in [5.41, 5.74) is 3.54. The fourth-order valence-electron chi connectivity index (χ4n) is 2.21. The molecule has 92 valence electrons. The summed E-state index contributed by atoms with van der Waals surface area (Å²) in [5.74, 6) is 1.48. The number of unbranched alkanes of at least 4 members (excludes halogenated alkanes) is 2. The summed E-state index contributed by atoms with van der Waals surface area (Å²) < 4.78 is 2.27. The van der Waals surface area contributed by atoms with Crippen molar-refractivity contribution in [3.05, 3.63) is 29.6 Å². The number of para-hydroxylation sites is 1. The molecule has 0 amide bonds. The van der Waals surface area contributed by atoms with Crippen LogP contribution in [0.25, 0.3) is 11.0 Å². The molecule has 0 N–H and O–H groups in total. The molecule has 0 saturated carbocycles. The summed E-state index contributed by atoms with van der Waals surface area (Å²) in [6.45, 7) is 5.35. The normalized spacial score (nSPS) is 11.2. The molecule has 0 aliphatic rings. The molecule has 0 atom stereocenters. The first-order valence-corrected chi connectivity index (χ1v) is 6.82. The maximum absolute atomic E-state index is 5.99. The van der Waals surface area contributed by atoms with Gasteiger partial charge in [0, 0.05) is 6.54 Å². The van der Waals surface area contributed by atoms with E-state index in [1.165, 1.54) is 30.3 Å². The number of benzene rings is 1. The standard InChI is InChI=1S/C14H19ClN2/c1-3-4-5-9-17-12-8-6-7-11(2)14(12)16-13(17)10-15/h6-8H,3-5,9-10H2,1-2H3. The highest BCUT2D eigenvalue weighted by Crippen LogP contribution is 2.21. The van der Waals surface area contributed by atoms with E-state index in [1.54, 1.807) is 0 Å². The second kappa shape index (κ2) is 5.54. The van der Waals surface area contributed by atoms with E-state index in [1.807, 2.05) is 0 Å². The van der Waals surface area contributed by atoms with Gasteiger partial charge in [0.2, 0.25) is 0 Å². The predicted molar refractivity (Wildman–Crippen MR) is 73.6 cm³/mol. The van der Waals surface area contributed by atoms with Crippen molar-refractivity contribution in [2.24, 2.45) is 0 Å². The number of hydrogen-bond acceptors (Lipinski definition) is 1. The quantitative estimate of drug-likeness (QED) is 0.572. The number of fused-ring (bicyclic) bond motifs is 1. The Morgan fingerprint density at radius 1 is 1.29 bits per heavy atom. The van der Waals surface area contributed by atoms with Crippen molar-refractivity contribution >= 4 is 22.6 Å². The van der Waals surface area contributed by atoms with Crippen LogP contribution in [0, 0.1) is 6.92 Å². The molecule has 0 unspecified atom stereocenters. The van der Waals surface area contributed by atoms with E-state index in [-0.39, 0.29) is 0 Å². The summed E-state index contributed by atoms with van der Waals surface area (Å²) in [4.78, 5) is 4.64. The van der Waals surface area contributed by atoms with Gasteiger partial charge in [-0.3, -0.25) is 0 Å². The van der Waals surface area contributed by atoms with E-state index in [9.17, 15) is 0 Å². The topological polar surface area (TPSA) is 17.8 Å². The average Bonchev–Trinajstić information content (AvgIpc) is 2.70. The van der Waals surface area contributed by atoms with Crippen LogP contribution in [0.4, 0.5) is 0 Å². The average molecular weight is 251 g/mol. The molecule has 2 rings (SSSR count). The van der Waals surface area contributed by atoms with Crippen molar-refractivity contribution in [1.29, 1.82) is 0 Å². The first kappa shape index (κ1) is 12.4. The molecule has 0 aliphatic heterocycles. The molecule has 1 aromatic carbocycles. The van der Waals surface area contributed by atoms with Gasteiger partial charge in [-0.05, 0) is 25.0 Å². The summed E-state index contributed by atoms with van der Waals surface area (Å²) in [5, 5.41) is 0. The Balaban J connectivity index is 2.40. The number of alkyl halides is 1. The van der Waals surface area contributed by atoms with Crippen LogP contribution in [0.15, 0.2) is 18.2 Å². The van der Waals surface area contributed by atoms with E-state index in [0.717, 1.165) is 17.9 Å². The van der Waals surface area contributed by atoms with Crippen LogP contribution < -0.4 is 0 Å². The van der Waals surface area contributed by atoms with Gasteiger partial charge in [-0.15, -0.1) is 11.6 Å². The Bertz CT molecular complexity index is 502. The van der Waals surface area contributed by atoms with Crippen LogP contribution in [0.3, 0.4) is 0 Å². The van der Waals surface area contributed by atoms with Crippen molar-refractivity contribution in [2.75, 3.05) is 0 Å². The molecule has 0 bridgehead atoms. The predicted octanol–water partition coefficient (Wildman–Crippen LogP) is 4.27. The van der Waals surface area contributed by atoms with E-state index < -0.39 is 0 Å². The van der Waals surface area contributed by atoms with Crippen LogP contribution in [-0.2, 0) is 12.4 Å². The van der Waals surface area contributed by atoms with Crippen LogP contribution in [0.2, 0.25) is 0 Å². The maximum Gasteiger partial charge on any atom is 0.124 e. The number of hydrogen-bond donors (Lipinski definition) is 0. The molecule has 0 fully saturated rings. The molecule has 0 radical (unpaired) electrons. The van der Waals surface area contributed by atoms with Crippen molar-refractivity contribution in [1.82, 2.24) is 9.55 Å². The molecule has 0 aliphatic carbocycles. The zero-order valence-corrected chi connectivity index (χ0v) is 11.3. The van der Waals surface area contributed by atoms with Crippen LogP contribution in [0.5, 0.6) is 0 Å². The van der Waals surface area contributed by atoms with Crippen LogP contribution in [0.1, 0.15) is 37.6 Å². The number of rotatable bonds is 5. The second-order valence-corrected chi connectivity index (χ2v) is 4.73. The number of aromatic nitrogens is 2. The molecular formula is C14H19ClN2. The molecule has 1 heterocycles. The highest BCUT2D eigenvalue weighted by molar-refractivity contribution is 6.16. The number of halogens is 1. The largest absolute Gasteiger partial charge is 0.327 e. The lowest BCUT2D eigenvalue weighted by Crippen LogP contribution is -2.02. The monoisotopic (exact) mass is 250 g/mol. The lowest BCUT2D eigenvalue weighted by Gasteiger charge is -2.07. The van der Waals surface area contributed by atoms with Gasteiger partial charge in [0.05, 0.1) is 16.9 Å². The van der Waals surface area contributed by atoms with Crippen LogP contribution in [-0.4, -0.2) is 9.55 Å². The number of aryl methyl sites for hydroxylation is 2. The minimum Gasteiger partial charge on any atom is -0.327 e. The minimum absolute atomic E-state index is 0.486. The minimum atomic E-state index is 0.486. The van der Waals surface area contributed by atoms with Gasteiger partial charge in [-0.2, -0.15) is 0 Å². The Kier molecular flexibility index (Phi) is 4.06. The van der Waals surface area contributed by atoms with Crippen molar-refractivity contribution < 1.29 is 0 Å². The Morgan fingerprint density at radius 2 is 2.12 bits per heavy atom. The first-order chi connectivity index (χ1) is 8.27. The highest BCUT2D eigenvalue weighted by Gasteiger charge is 2.10. The molecular weight excluding hydrogens is 232 g/mol. The smallest absolute Gasteiger partial charge is 0.124 e. The van der Waals surface area contributed by atoms with E-state index in [2.05, 4.69) is 41.6 Å². The van der Waals surface area contributed by atoms with Gasteiger partial charge in [-0.25, -0.2) is 4.98 Å². The number of nitrogens with zero attached hydrogens (tertiary/aromatic N) is 2. The number of imidazole rings is 1. The molecule has 2 nitrogen and oxygen atoms in total. The highest BCUT2D eigenvalue weighted by atomic mass is 35.5. The SMILES string of the molecule is CCCCCn1c(CCl)nc2c(C)cccc21. The summed E-state index contributed by atoms with van der Waals surface area (Å²) >= 11 is 5.99. The Labute approximate surface area is 108 Å². The molecule has 1 aromatic heterocycles. The summed E-state index contributed by atoms with van der Waals surface area (Å²) in [7, 11) is 0. The van der Waals surface area contributed by atoms with Crippen LogP contribution >= 0.6 is 11.6 Å². The van der Waals surface area contributed by atoms with Gasteiger partial charge in [0.25, 0.3) is 0 Å². The fraction of sp³-hybridized carbons (Fsp3) is 0.500. The van der Waals surface area contributed by atoms with Gasteiger partial charge in [-0.1, -0.05) is 31.9 Å². The lowest BCUT2D eigenvalue weighted by molar-refractivity contribution is 0.600. The van der Waals surface area contributed by atoms with Gasteiger partial charge >= 0.3 is 0 Å². The van der Waals surface area contributed by atoms with E-state index >= 15 is 0 Å².